The first kappa shape index (κ1) is 73.3. The number of nitrogens with zero attached hydrogens (tertiary/aromatic N) is 8. The average Bonchev–Trinajstić information content (AvgIpc) is 2.06. The predicted molar refractivity (Wildman–Crippen MR) is 338 cm³/mol. The second-order valence-corrected chi connectivity index (χ2v) is 26.6. The zero-order valence-electron chi connectivity index (χ0n) is 56.8. The summed E-state index contributed by atoms with van der Waals surface area (Å²) in [4.78, 5) is 123. The summed E-state index contributed by atoms with van der Waals surface area (Å²) in [6.45, 7) is 26.1. The minimum absolute atomic E-state index is 0.0667. The van der Waals surface area contributed by atoms with Crippen molar-refractivity contribution in [2.24, 2.45) is 23.7 Å². The Bertz CT molecular complexity index is 2860. The van der Waals surface area contributed by atoms with Crippen molar-refractivity contribution in [3.05, 3.63) is 107 Å². The van der Waals surface area contributed by atoms with E-state index in [1.165, 1.54) is 42.0 Å². The third-order valence-electron chi connectivity index (χ3n) is 16.7. The van der Waals surface area contributed by atoms with E-state index in [1.54, 1.807) is 50.9 Å². The van der Waals surface area contributed by atoms with Gasteiger partial charge in [-0.05, 0) is 125 Å². The van der Waals surface area contributed by atoms with Crippen LogP contribution in [0.15, 0.2) is 73.1 Å². The van der Waals surface area contributed by atoms with Crippen LogP contribution in [0.4, 0.5) is 0 Å². The summed E-state index contributed by atoms with van der Waals surface area (Å²) in [6.07, 6.45) is -2.79. The largest absolute Gasteiger partial charge is 0.451 e. The first-order chi connectivity index (χ1) is 42.1. The molecule has 1 saturated heterocycles. The van der Waals surface area contributed by atoms with E-state index in [1.807, 2.05) is 129 Å². The molecule has 22 heteroatoms. The smallest absolute Gasteiger partial charge is 0.329 e. The summed E-state index contributed by atoms with van der Waals surface area (Å²) in [5.74, 6) is -7.61. The molecule has 0 radical (unpaired) electrons. The van der Waals surface area contributed by atoms with Crippen molar-refractivity contribution in [1.82, 2.24) is 39.2 Å². The molecule has 1 aliphatic rings. The van der Waals surface area contributed by atoms with Gasteiger partial charge in [-0.15, -0.1) is 0 Å². The molecule has 1 fully saturated rings. The number of ether oxygens (including phenoxy) is 6. The maximum atomic E-state index is 15.2. The standard InChI is InChI=1S/C68H100N8O14/c1-41(2)33-51-63(81)87-45(9)59(77)71(15)54(36-44(7)8)66(84)90-56(38-48-23-27-50(28-24-48)40-76-58(30-32-70-76)68(13,14)86-20)62(80)74(18)52(34-42(3)4)64(82)88-46(10)60(78)72(16)53(35-43(5)6)65(83)89-55(61(79)73(51)17)37-47-21-25-49(26-22-47)39-75-57(29-31-69-75)67(11,12)85-19/h21-32,41-46,51-56H,33-40H2,1-20H3/t45-,46-,51+,52+,53+,54+,55-,56-/m1/s1. The van der Waals surface area contributed by atoms with Gasteiger partial charge in [-0.2, -0.15) is 10.2 Å². The number of benzene rings is 2. The van der Waals surface area contributed by atoms with Crippen molar-refractivity contribution >= 4 is 47.5 Å². The first-order valence-corrected chi connectivity index (χ1v) is 31.3. The van der Waals surface area contributed by atoms with E-state index in [0.717, 1.165) is 42.1 Å². The Hall–Kier alpha value is -7.46. The zero-order valence-corrected chi connectivity index (χ0v) is 56.8. The molecule has 496 valence electrons. The summed E-state index contributed by atoms with van der Waals surface area (Å²) in [5.41, 5.74) is 3.41. The molecule has 0 aliphatic carbocycles. The highest BCUT2D eigenvalue weighted by atomic mass is 16.6. The van der Waals surface area contributed by atoms with Gasteiger partial charge in [0.25, 0.3) is 23.6 Å². The molecular weight excluding hydrogens is 1150 g/mol. The van der Waals surface area contributed by atoms with Gasteiger partial charge in [0.15, 0.2) is 24.4 Å². The predicted octanol–water partition coefficient (Wildman–Crippen LogP) is 7.92. The Kier molecular flexibility index (Phi) is 26.1. The van der Waals surface area contributed by atoms with Gasteiger partial charge in [-0.3, -0.25) is 28.5 Å². The molecule has 4 amide bonds. The number of hydrogen-bond acceptors (Lipinski definition) is 16. The quantitative estimate of drug-likeness (QED) is 0.0603. The normalized spacial score (nSPS) is 22.4. The molecule has 3 heterocycles. The number of carbonyl (C=O) groups excluding carboxylic acids is 8. The fourth-order valence-corrected chi connectivity index (χ4v) is 11.0. The molecule has 0 unspecified atom stereocenters. The van der Waals surface area contributed by atoms with E-state index in [9.17, 15) is 28.8 Å². The van der Waals surface area contributed by atoms with Crippen LogP contribution in [0, 0.1) is 23.7 Å². The topological polar surface area (TPSA) is 241 Å². The van der Waals surface area contributed by atoms with Crippen LogP contribution >= 0.6 is 0 Å². The number of likely N-dealkylation sites (N-methyl/N-ethyl adjacent to an activating group) is 4. The monoisotopic (exact) mass is 1250 g/mol. The highest BCUT2D eigenvalue weighted by molar-refractivity contribution is 5.94. The third-order valence-corrected chi connectivity index (χ3v) is 16.7. The number of carbonyl (C=O) groups is 8. The molecule has 0 bridgehead atoms. The highest BCUT2D eigenvalue weighted by Gasteiger charge is 2.43. The van der Waals surface area contributed by atoms with Crippen LogP contribution in [0.3, 0.4) is 0 Å². The van der Waals surface area contributed by atoms with Crippen molar-refractivity contribution in [3.63, 3.8) is 0 Å². The zero-order chi connectivity index (χ0) is 67.3. The number of methoxy groups -OCH3 is 2. The van der Waals surface area contributed by atoms with Gasteiger partial charge in [-0.25, -0.2) is 19.2 Å². The van der Waals surface area contributed by atoms with E-state index < -0.39 is 107 Å². The van der Waals surface area contributed by atoms with Crippen molar-refractivity contribution in [2.45, 2.75) is 208 Å². The van der Waals surface area contributed by atoms with Crippen molar-refractivity contribution in [1.29, 1.82) is 0 Å². The number of amides is 4. The van der Waals surface area contributed by atoms with Crippen LogP contribution in [-0.2, 0) is 104 Å². The summed E-state index contributed by atoms with van der Waals surface area (Å²) in [6, 6.07) is 13.2. The third kappa shape index (κ3) is 19.3. The van der Waals surface area contributed by atoms with Gasteiger partial charge in [0, 0.05) is 67.6 Å². The SMILES string of the molecule is COC(C)(C)c1ccnn1Cc1ccc(C[C@H]2OC(=O)[C@H](CC(C)C)N(C)C(=O)[C@@H](C)OC(=O)[C@H](CC(C)C)N(C)C(=O)[C@@H](Cc3ccc(Cn4nccc4C(C)(C)OC)cc3)OC(=O)[C@H](CC(C)C)N(C)C(=O)[C@@H](C)OC(=O)[C@H](CC(C)C)N(C)C2=O)cc1. The van der Waals surface area contributed by atoms with E-state index in [0.29, 0.717) is 24.2 Å². The van der Waals surface area contributed by atoms with Crippen LogP contribution in [-0.4, -0.2) is 178 Å². The molecule has 2 aromatic heterocycles. The first-order valence-electron chi connectivity index (χ1n) is 31.3. The molecule has 1 aliphatic heterocycles. The fraction of sp³-hybridized carbons (Fsp3) is 0.618. The lowest BCUT2D eigenvalue weighted by molar-refractivity contribution is -0.176. The molecule has 0 spiro atoms. The van der Waals surface area contributed by atoms with Crippen LogP contribution in [0.25, 0.3) is 0 Å². The Morgan fingerprint density at radius 3 is 0.933 bits per heavy atom. The van der Waals surface area contributed by atoms with E-state index in [-0.39, 0.29) is 62.2 Å². The number of cyclic esters (lactones) is 4. The Balaban J connectivity index is 1.59. The van der Waals surface area contributed by atoms with Gasteiger partial charge in [0.05, 0.1) is 24.5 Å². The van der Waals surface area contributed by atoms with Crippen LogP contribution in [0.1, 0.15) is 156 Å². The molecule has 5 rings (SSSR count). The Morgan fingerprint density at radius 2 is 0.667 bits per heavy atom. The van der Waals surface area contributed by atoms with Gasteiger partial charge >= 0.3 is 23.9 Å². The molecule has 22 nitrogen and oxygen atoms in total. The van der Waals surface area contributed by atoms with Gasteiger partial charge in [-0.1, -0.05) is 104 Å². The van der Waals surface area contributed by atoms with Crippen LogP contribution < -0.4 is 0 Å². The summed E-state index contributed by atoms with van der Waals surface area (Å²) >= 11 is 0. The van der Waals surface area contributed by atoms with Crippen LogP contribution in [0.5, 0.6) is 0 Å². The van der Waals surface area contributed by atoms with Crippen LogP contribution in [0.2, 0.25) is 0 Å². The van der Waals surface area contributed by atoms with E-state index in [2.05, 4.69) is 10.2 Å². The second-order valence-electron chi connectivity index (χ2n) is 26.6. The average molecular weight is 1250 g/mol. The Morgan fingerprint density at radius 1 is 0.411 bits per heavy atom. The van der Waals surface area contributed by atoms with Gasteiger partial charge < -0.3 is 48.0 Å². The lowest BCUT2D eigenvalue weighted by atomic mass is 9.99. The number of aromatic nitrogens is 4. The fourth-order valence-electron chi connectivity index (χ4n) is 11.0. The molecule has 8 atom stereocenters. The minimum atomic E-state index is -1.56. The lowest BCUT2D eigenvalue weighted by Crippen LogP contribution is -2.55. The van der Waals surface area contributed by atoms with E-state index in [4.69, 9.17) is 28.4 Å². The summed E-state index contributed by atoms with van der Waals surface area (Å²) in [7, 11) is 8.82. The highest BCUT2D eigenvalue weighted by Crippen LogP contribution is 2.28. The summed E-state index contributed by atoms with van der Waals surface area (Å²) < 4.78 is 39.5. The second kappa shape index (κ2) is 32.0. The number of esters is 4. The molecule has 90 heavy (non-hydrogen) atoms. The number of hydrogen-bond donors (Lipinski definition) is 0. The van der Waals surface area contributed by atoms with Crippen molar-refractivity contribution < 1.29 is 66.8 Å². The van der Waals surface area contributed by atoms with E-state index >= 15 is 9.59 Å². The molecule has 0 saturated carbocycles. The minimum Gasteiger partial charge on any atom is -0.451 e. The van der Waals surface area contributed by atoms with Gasteiger partial charge in [0.2, 0.25) is 0 Å². The molecular formula is C68H100N8O14. The van der Waals surface area contributed by atoms with Crippen molar-refractivity contribution in [2.75, 3.05) is 42.4 Å². The Labute approximate surface area is 532 Å². The maximum absolute atomic E-state index is 15.2. The number of rotatable bonds is 20. The lowest BCUT2D eigenvalue weighted by Gasteiger charge is -2.35. The van der Waals surface area contributed by atoms with Crippen molar-refractivity contribution in [3.8, 4) is 0 Å². The van der Waals surface area contributed by atoms with Gasteiger partial charge in [0.1, 0.15) is 35.4 Å². The molecule has 4 aromatic rings. The summed E-state index contributed by atoms with van der Waals surface area (Å²) in [5, 5.41) is 9.03. The molecule has 0 N–H and O–H groups in total. The maximum Gasteiger partial charge on any atom is 0.329 e. The molecule has 2 aromatic carbocycles.